The Morgan fingerprint density at radius 2 is 1.67 bits per heavy atom. The minimum Gasteiger partial charge on any atom is -0.0876 e. The van der Waals surface area contributed by atoms with Crippen molar-refractivity contribution in [3.05, 3.63) is 34.4 Å². The second kappa shape index (κ2) is 4.08. The molecular weight excluding hydrogens is 212 g/mol. The fraction of sp³-hybridized carbons (Fsp3) is 0.455. The zero-order chi connectivity index (χ0) is 9.14. The van der Waals surface area contributed by atoms with Gasteiger partial charge < -0.3 is 0 Å². The zero-order valence-corrected chi connectivity index (χ0v) is 9.53. The van der Waals surface area contributed by atoms with Crippen LogP contribution >= 0.6 is 15.9 Å². The molecule has 12 heavy (non-hydrogen) atoms. The van der Waals surface area contributed by atoms with Gasteiger partial charge in [-0.2, -0.15) is 0 Å². The Morgan fingerprint density at radius 1 is 1.17 bits per heavy atom. The summed E-state index contributed by atoms with van der Waals surface area (Å²) in [5, 5.41) is 0.957. The Balaban J connectivity index is 3.18. The summed E-state index contributed by atoms with van der Waals surface area (Å²) in [6.07, 6.45) is 1.14. The van der Waals surface area contributed by atoms with Crippen molar-refractivity contribution in [2.24, 2.45) is 0 Å². The Labute approximate surface area is 83.1 Å². The van der Waals surface area contributed by atoms with E-state index in [1.807, 2.05) is 0 Å². The van der Waals surface area contributed by atoms with Gasteiger partial charge in [-0.15, -0.1) is 0 Å². The number of halogens is 1. The lowest BCUT2D eigenvalue weighted by Crippen LogP contribution is -1.93. The maximum Gasteiger partial charge on any atom is 0.0283 e. The molecule has 0 amide bonds. The highest BCUT2D eigenvalue weighted by Crippen LogP contribution is 2.18. The van der Waals surface area contributed by atoms with E-state index in [-0.39, 0.29) is 0 Å². The second-order valence-electron chi connectivity index (χ2n) is 3.20. The fourth-order valence-corrected chi connectivity index (χ4v) is 2.04. The summed E-state index contributed by atoms with van der Waals surface area (Å²) in [7, 11) is 0. The molecule has 0 fully saturated rings. The van der Waals surface area contributed by atoms with Crippen molar-refractivity contribution >= 4 is 15.9 Å². The standard InChI is InChI=1S/C11H15Br/c1-4-11-8(2)5-10(7-12)6-9(11)3/h5-6H,4,7H2,1-3H3. The molecule has 1 rings (SSSR count). The average molecular weight is 227 g/mol. The molecule has 0 N–H and O–H groups in total. The first-order chi connectivity index (χ1) is 5.69. The molecule has 0 radical (unpaired) electrons. The topological polar surface area (TPSA) is 0 Å². The van der Waals surface area contributed by atoms with Crippen LogP contribution in [0.25, 0.3) is 0 Å². The third kappa shape index (κ3) is 1.89. The Bertz CT molecular complexity index is 253. The Hall–Kier alpha value is -0.300. The maximum atomic E-state index is 3.47. The van der Waals surface area contributed by atoms with E-state index in [4.69, 9.17) is 0 Å². The average Bonchev–Trinajstić information content (AvgIpc) is 2.03. The second-order valence-corrected chi connectivity index (χ2v) is 3.76. The molecule has 0 aliphatic rings. The molecular formula is C11H15Br. The highest BCUT2D eigenvalue weighted by molar-refractivity contribution is 9.08. The lowest BCUT2D eigenvalue weighted by atomic mass is 9.98. The van der Waals surface area contributed by atoms with Crippen LogP contribution in [-0.2, 0) is 11.8 Å². The minimum absolute atomic E-state index is 0.957. The first kappa shape index (κ1) is 9.79. The molecule has 1 aromatic carbocycles. The van der Waals surface area contributed by atoms with Crippen LogP contribution in [0.3, 0.4) is 0 Å². The summed E-state index contributed by atoms with van der Waals surface area (Å²) < 4.78 is 0. The lowest BCUT2D eigenvalue weighted by Gasteiger charge is -2.09. The monoisotopic (exact) mass is 226 g/mol. The summed E-state index contributed by atoms with van der Waals surface area (Å²) in [4.78, 5) is 0. The van der Waals surface area contributed by atoms with Crippen LogP contribution in [0.2, 0.25) is 0 Å². The SMILES string of the molecule is CCc1c(C)cc(CBr)cc1C. The minimum atomic E-state index is 0.957. The third-order valence-electron chi connectivity index (χ3n) is 2.26. The molecule has 1 heteroatoms. The van der Waals surface area contributed by atoms with Crippen LogP contribution < -0.4 is 0 Å². The van der Waals surface area contributed by atoms with E-state index in [0.717, 1.165) is 11.8 Å². The molecule has 0 aliphatic carbocycles. The molecule has 1 aromatic rings. The van der Waals surface area contributed by atoms with Crippen molar-refractivity contribution < 1.29 is 0 Å². The highest BCUT2D eigenvalue weighted by Gasteiger charge is 2.01. The Morgan fingerprint density at radius 3 is 2.00 bits per heavy atom. The summed E-state index contributed by atoms with van der Waals surface area (Å²) in [6.45, 7) is 6.60. The van der Waals surface area contributed by atoms with E-state index in [1.165, 1.54) is 22.3 Å². The number of benzene rings is 1. The van der Waals surface area contributed by atoms with Gasteiger partial charge in [-0.3, -0.25) is 0 Å². The molecule has 0 aliphatic heterocycles. The largest absolute Gasteiger partial charge is 0.0876 e. The molecule has 0 heterocycles. The number of alkyl halides is 1. The van der Waals surface area contributed by atoms with E-state index >= 15 is 0 Å². The highest BCUT2D eigenvalue weighted by atomic mass is 79.9. The van der Waals surface area contributed by atoms with Crippen LogP contribution in [0.15, 0.2) is 12.1 Å². The zero-order valence-electron chi connectivity index (χ0n) is 7.95. The van der Waals surface area contributed by atoms with Gasteiger partial charge in [0.2, 0.25) is 0 Å². The molecule has 0 saturated carbocycles. The van der Waals surface area contributed by atoms with Crippen LogP contribution in [-0.4, -0.2) is 0 Å². The summed E-state index contributed by atoms with van der Waals surface area (Å²) in [5.74, 6) is 0. The van der Waals surface area contributed by atoms with Gasteiger partial charge >= 0.3 is 0 Å². The Kier molecular flexibility index (Phi) is 3.33. The predicted molar refractivity (Wildman–Crippen MR) is 57.9 cm³/mol. The van der Waals surface area contributed by atoms with E-state index in [9.17, 15) is 0 Å². The first-order valence-corrected chi connectivity index (χ1v) is 5.46. The van der Waals surface area contributed by atoms with Gasteiger partial charge in [0.25, 0.3) is 0 Å². The molecule has 0 unspecified atom stereocenters. The van der Waals surface area contributed by atoms with Crippen LogP contribution in [0.4, 0.5) is 0 Å². The number of hydrogen-bond acceptors (Lipinski definition) is 0. The van der Waals surface area contributed by atoms with Crippen LogP contribution in [0.1, 0.15) is 29.2 Å². The van der Waals surface area contributed by atoms with Crippen molar-refractivity contribution in [1.82, 2.24) is 0 Å². The lowest BCUT2D eigenvalue weighted by molar-refractivity contribution is 1.07. The van der Waals surface area contributed by atoms with E-state index in [0.29, 0.717) is 0 Å². The summed E-state index contributed by atoms with van der Waals surface area (Å²) in [6, 6.07) is 4.53. The summed E-state index contributed by atoms with van der Waals surface area (Å²) >= 11 is 3.47. The molecule has 0 saturated heterocycles. The number of hydrogen-bond donors (Lipinski definition) is 0. The van der Waals surface area contributed by atoms with Crippen molar-refractivity contribution in [3.63, 3.8) is 0 Å². The molecule has 0 atom stereocenters. The third-order valence-corrected chi connectivity index (χ3v) is 2.91. The van der Waals surface area contributed by atoms with E-state index in [1.54, 1.807) is 0 Å². The number of rotatable bonds is 2. The van der Waals surface area contributed by atoms with Gasteiger partial charge in [-0.05, 0) is 42.5 Å². The van der Waals surface area contributed by atoms with E-state index < -0.39 is 0 Å². The molecule has 0 nitrogen and oxygen atoms in total. The maximum absolute atomic E-state index is 3.47. The smallest absolute Gasteiger partial charge is 0.0283 e. The molecule has 0 bridgehead atoms. The fourth-order valence-electron chi connectivity index (χ4n) is 1.72. The van der Waals surface area contributed by atoms with Crippen molar-refractivity contribution in [2.75, 3.05) is 0 Å². The van der Waals surface area contributed by atoms with Crippen LogP contribution in [0, 0.1) is 13.8 Å². The van der Waals surface area contributed by atoms with Crippen molar-refractivity contribution in [2.45, 2.75) is 32.5 Å². The molecule has 66 valence electrons. The van der Waals surface area contributed by atoms with E-state index in [2.05, 4.69) is 48.8 Å². The normalized spacial score (nSPS) is 10.3. The van der Waals surface area contributed by atoms with Gasteiger partial charge in [-0.1, -0.05) is 35.0 Å². The summed E-state index contributed by atoms with van der Waals surface area (Å²) in [5.41, 5.74) is 5.72. The van der Waals surface area contributed by atoms with Gasteiger partial charge in [0, 0.05) is 5.33 Å². The quantitative estimate of drug-likeness (QED) is 0.675. The molecule has 0 spiro atoms. The van der Waals surface area contributed by atoms with Gasteiger partial charge in [-0.25, -0.2) is 0 Å². The van der Waals surface area contributed by atoms with Gasteiger partial charge in [0.05, 0.1) is 0 Å². The van der Waals surface area contributed by atoms with Crippen molar-refractivity contribution in [1.29, 1.82) is 0 Å². The predicted octanol–water partition coefficient (Wildman–Crippen LogP) is 3.76. The molecule has 0 aromatic heterocycles. The van der Waals surface area contributed by atoms with Crippen LogP contribution in [0.5, 0.6) is 0 Å². The number of aryl methyl sites for hydroxylation is 2. The first-order valence-electron chi connectivity index (χ1n) is 4.34. The van der Waals surface area contributed by atoms with Gasteiger partial charge in [0.15, 0.2) is 0 Å². The van der Waals surface area contributed by atoms with Crippen molar-refractivity contribution in [3.8, 4) is 0 Å². The van der Waals surface area contributed by atoms with Gasteiger partial charge in [0.1, 0.15) is 0 Å².